The lowest BCUT2D eigenvalue weighted by Crippen LogP contribution is -2.03. The molecule has 2 heteroatoms. The van der Waals surface area contributed by atoms with Crippen LogP contribution >= 0.6 is 11.6 Å². The molecule has 1 aliphatic rings. The Labute approximate surface area is 125 Å². The number of hydrogen-bond donors (Lipinski definition) is 1. The Bertz CT molecular complexity index is 600. The number of anilines is 1. The van der Waals surface area contributed by atoms with Crippen molar-refractivity contribution in [2.75, 3.05) is 5.73 Å². The minimum absolute atomic E-state index is 0.753. The van der Waals surface area contributed by atoms with E-state index in [1.807, 2.05) is 18.2 Å². The summed E-state index contributed by atoms with van der Waals surface area (Å²) in [5, 5.41) is 0.753. The maximum Gasteiger partial charge on any atom is 0.0426 e. The molecule has 0 unspecified atom stereocenters. The molecule has 2 N–H and O–H groups in total. The SMILES string of the molecule is Nc1c(CC2CCCC2)cccc1-c1cccc(Cl)c1. The van der Waals surface area contributed by atoms with Crippen molar-refractivity contribution in [2.24, 2.45) is 5.92 Å². The Morgan fingerprint density at radius 1 is 1.05 bits per heavy atom. The second-order valence-electron chi connectivity index (χ2n) is 5.74. The highest BCUT2D eigenvalue weighted by atomic mass is 35.5. The fourth-order valence-corrected chi connectivity index (χ4v) is 3.41. The van der Waals surface area contributed by atoms with Gasteiger partial charge < -0.3 is 5.73 Å². The molecule has 3 rings (SSSR count). The van der Waals surface area contributed by atoms with Crippen molar-refractivity contribution >= 4 is 17.3 Å². The van der Waals surface area contributed by atoms with Gasteiger partial charge in [-0.3, -0.25) is 0 Å². The standard InChI is InChI=1S/C18H20ClN/c19-16-9-3-7-14(12-16)17-10-4-8-15(18(17)20)11-13-5-1-2-6-13/h3-4,7-10,12-13H,1-2,5-6,11,20H2. The summed E-state index contributed by atoms with van der Waals surface area (Å²) in [7, 11) is 0. The monoisotopic (exact) mass is 285 g/mol. The number of halogens is 1. The summed E-state index contributed by atoms with van der Waals surface area (Å²) in [5.41, 5.74) is 10.8. The zero-order chi connectivity index (χ0) is 13.9. The van der Waals surface area contributed by atoms with Crippen LogP contribution in [0.3, 0.4) is 0 Å². The van der Waals surface area contributed by atoms with E-state index in [-0.39, 0.29) is 0 Å². The van der Waals surface area contributed by atoms with E-state index in [4.69, 9.17) is 17.3 Å². The molecule has 0 atom stereocenters. The molecule has 104 valence electrons. The zero-order valence-corrected chi connectivity index (χ0v) is 12.4. The predicted molar refractivity (Wildman–Crippen MR) is 87.0 cm³/mol. The van der Waals surface area contributed by atoms with Gasteiger partial charge in [-0.1, -0.05) is 67.6 Å². The normalized spacial score (nSPS) is 15.7. The van der Waals surface area contributed by atoms with E-state index in [0.29, 0.717) is 0 Å². The summed E-state index contributed by atoms with van der Waals surface area (Å²) < 4.78 is 0. The highest BCUT2D eigenvalue weighted by molar-refractivity contribution is 6.30. The molecule has 0 aliphatic heterocycles. The Hall–Kier alpha value is -1.47. The molecule has 0 spiro atoms. The summed E-state index contributed by atoms with van der Waals surface area (Å²) in [4.78, 5) is 0. The number of hydrogen-bond acceptors (Lipinski definition) is 1. The third-order valence-electron chi connectivity index (χ3n) is 4.32. The van der Waals surface area contributed by atoms with Crippen molar-refractivity contribution in [3.63, 3.8) is 0 Å². The fraction of sp³-hybridized carbons (Fsp3) is 0.333. The van der Waals surface area contributed by atoms with E-state index in [1.165, 1.54) is 31.2 Å². The van der Waals surface area contributed by atoms with Crippen LogP contribution in [0, 0.1) is 5.92 Å². The highest BCUT2D eigenvalue weighted by Crippen LogP contribution is 2.34. The third kappa shape index (κ3) is 2.83. The van der Waals surface area contributed by atoms with Gasteiger partial charge in [0.1, 0.15) is 0 Å². The summed E-state index contributed by atoms with van der Waals surface area (Å²) in [5.74, 6) is 0.812. The maximum atomic E-state index is 6.40. The molecule has 0 heterocycles. The molecule has 1 fully saturated rings. The molecule has 2 aromatic carbocycles. The molecule has 0 amide bonds. The second kappa shape index (κ2) is 5.88. The van der Waals surface area contributed by atoms with Crippen LogP contribution in [0.5, 0.6) is 0 Å². The van der Waals surface area contributed by atoms with Gasteiger partial charge in [0, 0.05) is 16.3 Å². The van der Waals surface area contributed by atoms with Crippen molar-refractivity contribution in [2.45, 2.75) is 32.1 Å². The molecule has 0 bridgehead atoms. The largest absolute Gasteiger partial charge is 0.398 e. The van der Waals surface area contributed by atoms with Crippen LogP contribution in [-0.2, 0) is 6.42 Å². The topological polar surface area (TPSA) is 26.0 Å². The zero-order valence-electron chi connectivity index (χ0n) is 11.6. The highest BCUT2D eigenvalue weighted by Gasteiger charge is 2.17. The van der Waals surface area contributed by atoms with Gasteiger partial charge in [-0.15, -0.1) is 0 Å². The van der Waals surface area contributed by atoms with E-state index in [9.17, 15) is 0 Å². The number of rotatable bonds is 3. The van der Waals surface area contributed by atoms with Crippen molar-refractivity contribution in [3.05, 3.63) is 53.1 Å². The van der Waals surface area contributed by atoms with Crippen molar-refractivity contribution < 1.29 is 0 Å². The number of benzene rings is 2. The van der Waals surface area contributed by atoms with Crippen LogP contribution < -0.4 is 5.73 Å². The fourth-order valence-electron chi connectivity index (χ4n) is 3.22. The molecule has 0 aromatic heterocycles. The molecule has 1 aliphatic carbocycles. The van der Waals surface area contributed by atoms with Gasteiger partial charge in [-0.2, -0.15) is 0 Å². The average Bonchev–Trinajstić information content (AvgIpc) is 2.94. The lowest BCUT2D eigenvalue weighted by molar-refractivity contribution is 0.547. The third-order valence-corrected chi connectivity index (χ3v) is 4.55. The van der Waals surface area contributed by atoms with Gasteiger partial charge in [-0.25, -0.2) is 0 Å². The van der Waals surface area contributed by atoms with Crippen LogP contribution in [0.15, 0.2) is 42.5 Å². The van der Waals surface area contributed by atoms with Crippen molar-refractivity contribution in [3.8, 4) is 11.1 Å². The second-order valence-corrected chi connectivity index (χ2v) is 6.18. The lowest BCUT2D eigenvalue weighted by Gasteiger charge is -2.14. The van der Waals surface area contributed by atoms with Gasteiger partial charge in [0.05, 0.1) is 0 Å². The summed E-state index contributed by atoms with van der Waals surface area (Å²) in [6.45, 7) is 0. The molecule has 20 heavy (non-hydrogen) atoms. The van der Waals surface area contributed by atoms with E-state index < -0.39 is 0 Å². The number of nitrogen functional groups attached to an aromatic ring is 1. The van der Waals surface area contributed by atoms with Gasteiger partial charge in [0.25, 0.3) is 0 Å². The number of para-hydroxylation sites is 1. The molecule has 1 saturated carbocycles. The first-order valence-electron chi connectivity index (χ1n) is 7.37. The summed E-state index contributed by atoms with van der Waals surface area (Å²) >= 11 is 6.08. The minimum Gasteiger partial charge on any atom is -0.398 e. The number of nitrogens with two attached hydrogens (primary N) is 1. The van der Waals surface area contributed by atoms with Crippen molar-refractivity contribution in [1.29, 1.82) is 0 Å². The van der Waals surface area contributed by atoms with Crippen LogP contribution in [-0.4, -0.2) is 0 Å². The van der Waals surface area contributed by atoms with Gasteiger partial charge >= 0.3 is 0 Å². The first-order chi connectivity index (χ1) is 9.74. The molecular formula is C18H20ClN. The van der Waals surface area contributed by atoms with Crippen molar-refractivity contribution in [1.82, 2.24) is 0 Å². The van der Waals surface area contributed by atoms with Gasteiger partial charge in [0.15, 0.2) is 0 Å². The summed E-state index contributed by atoms with van der Waals surface area (Å²) in [6, 6.07) is 14.3. The molecule has 0 radical (unpaired) electrons. The van der Waals surface area contributed by atoms with Crippen LogP contribution in [0.1, 0.15) is 31.2 Å². The van der Waals surface area contributed by atoms with E-state index in [2.05, 4.69) is 24.3 Å². The lowest BCUT2D eigenvalue weighted by atomic mass is 9.93. The van der Waals surface area contributed by atoms with E-state index in [0.717, 1.165) is 34.2 Å². The Balaban J connectivity index is 1.92. The van der Waals surface area contributed by atoms with Crippen LogP contribution in [0.25, 0.3) is 11.1 Å². The van der Waals surface area contributed by atoms with E-state index in [1.54, 1.807) is 0 Å². The minimum atomic E-state index is 0.753. The summed E-state index contributed by atoms with van der Waals surface area (Å²) in [6.07, 6.45) is 6.55. The predicted octanol–water partition coefficient (Wildman–Crippen LogP) is 5.32. The average molecular weight is 286 g/mol. The van der Waals surface area contributed by atoms with Crippen LogP contribution in [0.2, 0.25) is 5.02 Å². The first-order valence-corrected chi connectivity index (χ1v) is 7.75. The Morgan fingerprint density at radius 3 is 2.55 bits per heavy atom. The smallest absolute Gasteiger partial charge is 0.0426 e. The maximum absolute atomic E-state index is 6.40. The van der Waals surface area contributed by atoms with Gasteiger partial charge in [0.2, 0.25) is 0 Å². The molecular weight excluding hydrogens is 266 g/mol. The first kappa shape index (κ1) is 13.5. The van der Waals surface area contributed by atoms with E-state index >= 15 is 0 Å². The molecule has 0 saturated heterocycles. The molecule has 1 nitrogen and oxygen atoms in total. The van der Waals surface area contributed by atoms with Crippen LogP contribution in [0.4, 0.5) is 5.69 Å². The Kier molecular flexibility index (Phi) is 3.98. The quantitative estimate of drug-likeness (QED) is 0.759. The van der Waals surface area contributed by atoms with Gasteiger partial charge in [-0.05, 0) is 35.6 Å². The molecule has 2 aromatic rings. The Morgan fingerprint density at radius 2 is 1.80 bits per heavy atom.